The highest BCUT2D eigenvalue weighted by molar-refractivity contribution is 7.10. The first-order chi connectivity index (χ1) is 9.20. The number of carbonyl (C=O) groups excluding carboxylic acids is 1. The lowest BCUT2D eigenvalue weighted by atomic mass is 10.1. The lowest BCUT2D eigenvalue weighted by Crippen LogP contribution is -2.28. The maximum atomic E-state index is 13.0. The number of hydrogen-bond acceptors (Lipinski definition) is 4. The zero-order chi connectivity index (χ0) is 13.7. The highest BCUT2D eigenvalue weighted by atomic mass is 32.1. The first-order valence-corrected chi connectivity index (χ1v) is 6.67. The molecular weight excluding hydrogens is 265 g/mol. The van der Waals surface area contributed by atoms with Gasteiger partial charge in [0.2, 0.25) is 0 Å². The largest absolute Gasteiger partial charge is 0.468 e. The van der Waals surface area contributed by atoms with Crippen molar-refractivity contribution >= 4 is 17.3 Å². The van der Waals surface area contributed by atoms with Crippen LogP contribution in [0.4, 0.5) is 4.39 Å². The fourth-order valence-corrected chi connectivity index (χ4v) is 2.58. The maximum Gasteiger partial charge on any atom is 0.319 e. The number of thiophene rings is 1. The minimum absolute atomic E-state index is 0.108. The molecule has 0 fully saturated rings. The van der Waals surface area contributed by atoms with E-state index in [1.165, 1.54) is 19.2 Å². The third kappa shape index (κ3) is 3.62. The van der Waals surface area contributed by atoms with Crippen LogP contribution in [0.5, 0.6) is 0 Å². The van der Waals surface area contributed by atoms with Gasteiger partial charge in [0.25, 0.3) is 0 Å². The number of methoxy groups -OCH3 is 1. The van der Waals surface area contributed by atoms with Crippen LogP contribution >= 0.6 is 11.3 Å². The molecule has 0 radical (unpaired) electrons. The van der Waals surface area contributed by atoms with Gasteiger partial charge in [-0.2, -0.15) is 0 Å². The summed E-state index contributed by atoms with van der Waals surface area (Å²) >= 11 is 1.58. The van der Waals surface area contributed by atoms with E-state index in [1.54, 1.807) is 23.5 Å². The summed E-state index contributed by atoms with van der Waals surface area (Å²) in [5.74, 6) is -0.606. The third-order valence-electron chi connectivity index (χ3n) is 2.71. The fraction of sp³-hybridized carbons (Fsp3) is 0.214. The zero-order valence-corrected chi connectivity index (χ0v) is 11.2. The van der Waals surface area contributed by atoms with E-state index in [0.717, 1.165) is 10.4 Å². The van der Waals surface area contributed by atoms with Crippen LogP contribution in [0.2, 0.25) is 0 Å². The van der Waals surface area contributed by atoms with Crippen molar-refractivity contribution in [3.05, 3.63) is 58.0 Å². The van der Waals surface area contributed by atoms with Gasteiger partial charge in [0.1, 0.15) is 5.82 Å². The van der Waals surface area contributed by atoms with Crippen LogP contribution in [0, 0.1) is 5.82 Å². The van der Waals surface area contributed by atoms with Crippen LogP contribution < -0.4 is 5.32 Å². The molecule has 1 aromatic heterocycles. The number of rotatable bonds is 5. The monoisotopic (exact) mass is 279 g/mol. The molecule has 0 bridgehead atoms. The van der Waals surface area contributed by atoms with Crippen molar-refractivity contribution in [2.45, 2.75) is 6.04 Å². The second kappa shape index (κ2) is 6.45. The van der Waals surface area contributed by atoms with Gasteiger partial charge in [-0.1, -0.05) is 18.2 Å². The molecule has 2 aromatic rings. The zero-order valence-electron chi connectivity index (χ0n) is 10.4. The molecular formula is C14H14FNO2S. The Hall–Kier alpha value is -1.72. The van der Waals surface area contributed by atoms with Crippen LogP contribution in [-0.2, 0) is 9.53 Å². The molecule has 1 heterocycles. The molecule has 0 aliphatic rings. The van der Waals surface area contributed by atoms with Gasteiger partial charge in [0.15, 0.2) is 0 Å². The highest BCUT2D eigenvalue weighted by Crippen LogP contribution is 2.26. The lowest BCUT2D eigenvalue weighted by Gasteiger charge is -2.17. The summed E-state index contributed by atoms with van der Waals surface area (Å²) in [6, 6.07) is 10.0. The first-order valence-electron chi connectivity index (χ1n) is 5.80. The van der Waals surface area contributed by atoms with Crippen molar-refractivity contribution < 1.29 is 13.9 Å². The normalized spacial score (nSPS) is 12.1. The summed E-state index contributed by atoms with van der Waals surface area (Å²) in [5.41, 5.74) is 0.910. The molecule has 0 amide bonds. The number of hydrogen-bond donors (Lipinski definition) is 1. The predicted octanol–water partition coefficient (Wildman–Crippen LogP) is 2.74. The number of halogens is 1. The Morgan fingerprint density at radius 2 is 2.11 bits per heavy atom. The summed E-state index contributed by atoms with van der Waals surface area (Å²) in [6.45, 7) is 0.108. The van der Waals surface area contributed by atoms with Gasteiger partial charge in [-0.05, 0) is 29.1 Å². The van der Waals surface area contributed by atoms with Gasteiger partial charge in [0, 0.05) is 4.88 Å². The van der Waals surface area contributed by atoms with E-state index in [0.29, 0.717) is 0 Å². The maximum absolute atomic E-state index is 13.0. The van der Waals surface area contributed by atoms with Crippen molar-refractivity contribution in [1.29, 1.82) is 0 Å². The van der Waals surface area contributed by atoms with Gasteiger partial charge in [-0.15, -0.1) is 11.3 Å². The molecule has 2 rings (SSSR count). The molecule has 1 unspecified atom stereocenters. The van der Waals surface area contributed by atoms with E-state index in [-0.39, 0.29) is 24.4 Å². The second-order valence-electron chi connectivity index (χ2n) is 3.96. The summed E-state index contributed by atoms with van der Waals surface area (Å²) in [6.07, 6.45) is 0. The van der Waals surface area contributed by atoms with Crippen molar-refractivity contribution in [2.75, 3.05) is 13.7 Å². The molecule has 1 N–H and O–H groups in total. The smallest absolute Gasteiger partial charge is 0.319 e. The minimum atomic E-state index is -0.330. The van der Waals surface area contributed by atoms with E-state index in [4.69, 9.17) is 0 Å². The summed E-state index contributed by atoms with van der Waals surface area (Å²) in [5, 5.41) is 5.09. The van der Waals surface area contributed by atoms with E-state index in [9.17, 15) is 9.18 Å². The molecule has 19 heavy (non-hydrogen) atoms. The van der Waals surface area contributed by atoms with Crippen LogP contribution in [0.15, 0.2) is 41.8 Å². The summed E-state index contributed by atoms with van der Waals surface area (Å²) in [7, 11) is 1.35. The Balaban J connectivity index is 2.19. The number of esters is 1. The average molecular weight is 279 g/mol. The molecule has 1 atom stereocenters. The van der Waals surface area contributed by atoms with Gasteiger partial charge < -0.3 is 4.74 Å². The van der Waals surface area contributed by atoms with E-state index < -0.39 is 0 Å². The van der Waals surface area contributed by atoms with Gasteiger partial charge in [0.05, 0.1) is 19.7 Å². The second-order valence-corrected chi connectivity index (χ2v) is 4.94. The SMILES string of the molecule is COC(=O)CNC(c1ccc(F)cc1)c1cccs1. The Morgan fingerprint density at radius 1 is 1.37 bits per heavy atom. The Bertz CT molecular complexity index is 525. The van der Waals surface area contributed by atoms with E-state index in [2.05, 4.69) is 10.1 Å². The molecule has 3 nitrogen and oxygen atoms in total. The molecule has 0 aliphatic heterocycles. The standard InChI is InChI=1S/C14H14FNO2S/c1-18-13(17)9-16-14(12-3-2-8-19-12)10-4-6-11(15)7-5-10/h2-8,14,16H,9H2,1H3. The van der Waals surface area contributed by atoms with Crippen molar-refractivity contribution in [2.24, 2.45) is 0 Å². The molecule has 1 aromatic carbocycles. The third-order valence-corrected chi connectivity index (χ3v) is 3.65. The summed E-state index contributed by atoms with van der Waals surface area (Å²) < 4.78 is 17.6. The Morgan fingerprint density at radius 3 is 2.68 bits per heavy atom. The average Bonchev–Trinajstić information content (AvgIpc) is 2.94. The lowest BCUT2D eigenvalue weighted by molar-refractivity contribution is -0.139. The van der Waals surface area contributed by atoms with E-state index >= 15 is 0 Å². The number of carbonyl (C=O) groups is 1. The van der Waals surface area contributed by atoms with Gasteiger partial charge >= 0.3 is 5.97 Å². The quantitative estimate of drug-likeness (QED) is 0.855. The van der Waals surface area contributed by atoms with Gasteiger partial charge in [-0.25, -0.2) is 4.39 Å². The van der Waals surface area contributed by atoms with Gasteiger partial charge in [-0.3, -0.25) is 10.1 Å². The fourth-order valence-electron chi connectivity index (χ4n) is 1.75. The van der Waals surface area contributed by atoms with Crippen LogP contribution in [0.1, 0.15) is 16.5 Å². The first kappa shape index (κ1) is 13.7. The minimum Gasteiger partial charge on any atom is -0.468 e. The van der Waals surface area contributed by atoms with Crippen molar-refractivity contribution in [3.63, 3.8) is 0 Å². The van der Waals surface area contributed by atoms with Crippen LogP contribution in [0.25, 0.3) is 0 Å². The Labute approximate surface area is 115 Å². The summed E-state index contributed by atoms with van der Waals surface area (Å²) in [4.78, 5) is 12.3. The molecule has 5 heteroatoms. The molecule has 0 saturated heterocycles. The Kier molecular flexibility index (Phi) is 4.65. The number of nitrogens with one attached hydrogen (secondary N) is 1. The molecule has 0 saturated carbocycles. The number of benzene rings is 1. The van der Waals surface area contributed by atoms with Crippen LogP contribution in [-0.4, -0.2) is 19.6 Å². The topological polar surface area (TPSA) is 38.3 Å². The molecule has 100 valence electrons. The highest BCUT2D eigenvalue weighted by Gasteiger charge is 2.16. The van der Waals surface area contributed by atoms with E-state index in [1.807, 2.05) is 17.5 Å². The molecule has 0 aliphatic carbocycles. The molecule has 0 spiro atoms. The van der Waals surface area contributed by atoms with Crippen molar-refractivity contribution in [3.8, 4) is 0 Å². The van der Waals surface area contributed by atoms with Crippen LogP contribution in [0.3, 0.4) is 0 Å². The van der Waals surface area contributed by atoms with Crippen molar-refractivity contribution in [1.82, 2.24) is 5.32 Å². The number of ether oxygens (including phenoxy) is 1. The predicted molar refractivity (Wildman–Crippen MR) is 72.6 cm³/mol.